The fourth-order valence-corrected chi connectivity index (χ4v) is 3.84. The lowest BCUT2D eigenvalue weighted by Gasteiger charge is -2.29. The van der Waals surface area contributed by atoms with Crippen LogP contribution in [0.3, 0.4) is 0 Å². The Bertz CT molecular complexity index is 506. The number of benzene rings is 1. The Kier molecular flexibility index (Phi) is 5.16. The second-order valence-electron chi connectivity index (χ2n) is 4.86. The third-order valence-corrected chi connectivity index (χ3v) is 4.89. The number of rotatable bonds is 6. The highest BCUT2D eigenvalue weighted by Gasteiger charge is 2.30. The number of hydrogen-bond acceptors (Lipinski definition) is 3. The maximum atomic E-state index is 9.74. The van der Waals surface area contributed by atoms with E-state index in [4.69, 9.17) is 0 Å². The summed E-state index contributed by atoms with van der Waals surface area (Å²) in [6.45, 7) is -0.0399. The molecule has 0 unspecified atom stereocenters. The molecule has 2 aromatic rings. The molecule has 1 aromatic carbocycles. The Morgan fingerprint density at radius 1 is 0.947 bits per heavy atom. The van der Waals surface area contributed by atoms with Crippen LogP contribution in [0.15, 0.2) is 46.3 Å². The summed E-state index contributed by atoms with van der Waals surface area (Å²) in [5, 5.41) is 19.5. The van der Waals surface area contributed by atoms with E-state index in [1.807, 2.05) is 42.5 Å². The predicted octanol–water partition coefficient (Wildman–Crippen LogP) is 3.27. The van der Waals surface area contributed by atoms with Crippen LogP contribution in [0.5, 0.6) is 0 Å². The third-order valence-electron chi connectivity index (χ3n) is 3.27. The van der Waals surface area contributed by atoms with Crippen molar-refractivity contribution < 1.29 is 10.2 Å². The molecule has 0 saturated carbocycles. The van der Waals surface area contributed by atoms with Gasteiger partial charge in [-0.1, -0.05) is 30.3 Å². The molecule has 4 heteroatoms. The highest BCUT2D eigenvalue weighted by atomic mass is 79.9. The molecule has 1 heterocycles. The number of thiophene rings is 1. The van der Waals surface area contributed by atoms with Crippen LogP contribution >= 0.6 is 27.3 Å². The predicted molar refractivity (Wildman–Crippen MR) is 82.5 cm³/mol. The molecule has 0 fully saturated rings. The molecule has 0 radical (unpaired) electrons. The van der Waals surface area contributed by atoms with Gasteiger partial charge in [0.05, 0.1) is 17.0 Å². The van der Waals surface area contributed by atoms with Crippen molar-refractivity contribution in [3.63, 3.8) is 0 Å². The van der Waals surface area contributed by atoms with E-state index in [0.29, 0.717) is 12.8 Å². The van der Waals surface area contributed by atoms with Crippen molar-refractivity contribution in [1.82, 2.24) is 0 Å². The van der Waals surface area contributed by atoms with Gasteiger partial charge in [0.2, 0.25) is 0 Å². The molecule has 0 saturated heterocycles. The minimum atomic E-state index is -0.494. The minimum absolute atomic E-state index is 0.0199. The summed E-state index contributed by atoms with van der Waals surface area (Å²) in [4.78, 5) is 1.17. The van der Waals surface area contributed by atoms with Gasteiger partial charge in [0.1, 0.15) is 0 Å². The molecule has 1 aromatic heterocycles. The topological polar surface area (TPSA) is 40.5 Å². The average Bonchev–Trinajstić information content (AvgIpc) is 2.84. The first-order chi connectivity index (χ1) is 9.17. The first-order valence-corrected chi connectivity index (χ1v) is 7.78. The Hall–Kier alpha value is -0.680. The highest BCUT2D eigenvalue weighted by Crippen LogP contribution is 2.32. The molecule has 0 aliphatic heterocycles. The van der Waals surface area contributed by atoms with Gasteiger partial charge in [0.15, 0.2) is 0 Å². The summed E-state index contributed by atoms with van der Waals surface area (Å²) in [5.41, 5.74) is 0.646. The van der Waals surface area contributed by atoms with Gasteiger partial charge in [0.25, 0.3) is 0 Å². The quantitative estimate of drug-likeness (QED) is 0.847. The molecule has 102 valence electrons. The maximum absolute atomic E-state index is 9.74. The largest absolute Gasteiger partial charge is 0.396 e. The summed E-state index contributed by atoms with van der Waals surface area (Å²) in [6, 6.07) is 14.0. The summed E-state index contributed by atoms with van der Waals surface area (Å²) in [7, 11) is 0. The summed E-state index contributed by atoms with van der Waals surface area (Å²) in [5.74, 6) is 0. The second-order valence-corrected chi connectivity index (χ2v) is 7.41. The van der Waals surface area contributed by atoms with Crippen LogP contribution in [0.4, 0.5) is 0 Å². The van der Waals surface area contributed by atoms with Crippen molar-refractivity contribution in [2.24, 2.45) is 5.41 Å². The molecule has 0 spiro atoms. The monoisotopic (exact) mass is 340 g/mol. The molecule has 0 amide bonds. The number of hydrogen-bond donors (Lipinski definition) is 2. The van der Waals surface area contributed by atoms with E-state index < -0.39 is 5.41 Å². The van der Waals surface area contributed by atoms with Crippen LogP contribution in [0.2, 0.25) is 0 Å². The fourth-order valence-electron chi connectivity index (χ4n) is 2.18. The van der Waals surface area contributed by atoms with Gasteiger partial charge in [-0.3, -0.25) is 0 Å². The smallest absolute Gasteiger partial charge is 0.0701 e. The zero-order chi connectivity index (χ0) is 13.7. The van der Waals surface area contributed by atoms with Crippen molar-refractivity contribution in [3.8, 4) is 0 Å². The van der Waals surface area contributed by atoms with Crippen LogP contribution in [-0.4, -0.2) is 23.4 Å². The van der Waals surface area contributed by atoms with E-state index in [2.05, 4.69) is 15.9 Å². The first kappa shape index (κ1) is 14.7. The van der Waals surface area contributed by atoms with Gasteiger partial charge in [-0.15, -0.1) is 11.3 Å². The standard InChI is InChI=1S/C15H17BrO2S/c16-14-7-6-13(19-14)9-15(10-17,11-18)8-12-4-2-1-3-5-12/h1-7,17-18H,8-11H2. The SMILES string of the molecule is OCC(CO)(Cc1ccccc1)Cc1ccc(Br)s1. The van der Waals surface area contributed by atoms with Gasteiger partial charge < -0.3 is 10.2 Å². The van der Waals surface area contributed by atoms with Gasteiger partial charge >= 0.3 is 0 Å². The van der Waals surface area contributed by atoms with E-state index in [-0.39, 0.29) is 13.2 Å². The lowest BCUT2D eigenvalue weighted by atomic mass is 9.79. The molecule has 0 aliphatic rings. The Balaban J connectivity index is 2.17. The van der Waals surface area contributed by atoms with Gasteiger partial charge in [0, 0.05) is 10.3 Å². The fraction of sp³-hybridized carbons (Fsp3) is 0.333. The van der Waals surface area contributed by atoms with Crippen molar-refractivity contribution in [2.75, 3.05) is 13.2 Å². The number of halogens is 1. The maximum Gasteiger partial charge on any atom is 0.0701 e. The van der Waals surface area contributed by atoms with E-state index >= 15 is 0 Å². The van der Waals surface area contributed by atoms with Crippen molar-refractivity contribution in [3.05, 3.63) is 56.7 Å². The van der Waals surface area contributed by atoms with Gasteiger partial charge in [-0.05, 0) is 46.5 Å². The summed E-state index contributed by atoms with van der Waals surface area (Å²) in [6.07, 6.45) is 1.36. The molecular formula is C15H17BrO2S. The molecule has 2 rings (SSSR count). The Labute approximate surface area is 125 Å². The summed E-state index contributed by atoms with van der Waals surface area (Å²) >= 11 is 5.09. The van der Waals surface area contributed by atoms with Crippen LogP contribution < -0.4 is 0 Å². The van der Waals surface area contributed by atoms with Crippen molar-refractivity contribution in [2.45, 2.75) is 12.8 Å². The number of aliphatic hydroxyl groups is 2. The van der Waals surface area contributed by atoms with Crippen LogP contribution in [0.25, 0.3) is 0 Å². The lowest BCUT2D eigenvalue weighted by molar-refractivity contribution is 0.0554. The van der Waals surface area contributed by atoms with Crippen molar-refractivity contribution in [1.29, 1.82) is 0 Å². The van der Waals surface area contributed by atoms with Crippen LogP contribution in [0.1, 0.15) is 10.4 Å². The first-order valence-electron chi connectivity index (χ1n) is 6.17. The zero-order valence-electron chi connectivity index (χ0n) is 10.6. The van der Waals surface area contributed by atoms with Gasteiger partial charge in [-0.2, -0.15) is 0 Å². The normalized spacial score (nSPS) is 11.7. The van der Waals surface area contributed by atoms with E-state index in [9.17, 15) is 10.2 Å². The molecule has 0 aliphatic carbocycles. The molecule has 2 nitrogen and oxygen atoms in total. The van der Waals surface area contributed by atoms with Crippen LogP contribution in [-0.2, 0) is 12.8 Å². The average molecular weight is 341 g/mol. The zero-order valence-corrected chi connectivity index (χ0v) is 13.0. The third kappa shape index (κ3) is 3.89. The Morgan fingerprint density at radius 2 is 1.63 bits per heavy atom. The molecule has 2 N–H and O–H groups in total. The molecule has 0 bridgehead atoms. The lowest BCUT2D eigenvalue weighted by Crippen LogP contribution is -2.34. The highest BCUT2D eigenvalue weighted by molar-refractivity contribution is 9.11. The molecule has 0 atom stereocenters. The van der Waals surface area contributed by atoms with E-state index in [0.717, 1.165) is 9.35 Å². The Morgan fingerprint density at radius 3 is 2.16 bits per heavy atom. The van der Waals surface area contributed by atoms with E-state index in [1.165, 1.54) is 4.88 Å². The van der Waals surface area contributed by atoms with Crippen LogP contribution in [0, 0.1) is 5.41 Å². The van der Waals surface area contributed by atoms with E-state index in [1.54, 1.807) is 11.3 Å². The molecular weight excluding hydrogens is 324 g/mol. The van der Waals surface area contributed by atoms with Crippen molar-refractivity contribution >= 4 is 27.3 Å². The minimum Gasteiger partial charge on any atom is -0.396 e. The molecule has 19 heavy (non-hydrogen) atoms. The summed E-state index contributed by atoms with van der Waals surface area (Å²) < 4.78 is 1.08. The van der Waals surface area contributed by atoms with Gasteiger partial charge in [-0.25, -0.2) is 0 Å². The number of aliphatic hydroxyl groups excluding tert-OH is 2. The second kappa shape index (κ2) is 6.66.